The Bertz CT molecular complexity index is 462. The maximum atomic E-state index is 11.7. The third-order valence-electron chi connectivity index (χ3n) is 2.16. The number of hydrogen-bond donors (Lipinski definition) is 2. The highest BCUT2D eigenvalue weighted by Crippen LogP contribution is 2.09. The van der Waals surface area contributed by atoms with Crippen molar-refractivity contribution in [1.29, 1.82) is 0 Å². The third kappa shape index (κ3) is 2.87. The van der Waals surface area contributed by atoms with Crippen LogP contribution in [-0.2, 0) is 6.54 Å². The van der Waals surface area contributed by atoms with Crippen LogP contribution in [0.15, 0.2) is 46.0 Å². The van der Waals surface area contributed by atoms with Crippen molar-refractivity contribution in [2.24, 2.45) is 0 Å². The van der Waals surface area contributed by atoms with Gasteiger partial charge in [0, 0.05) is 17.0 Å². The molecular formula is C12H11NOS2. The Morgan fingerprint density at radius 3 is 2.62 bits per heavy atom. The summed E-state index contributed by atoms with van der Waals surface area (Å²) in [5, 5.41) is 6.89. The summed E-state index contributed by atoms with van der Waals surface area (Å²) in [5.41, 5.74) is 1.79. The second-order valence-electron chi connectivity index (χ2n) is 3.36. The van der Waals surface area contributed by atoms with Crippen molar-refractivity contribution < 1.29 is 4.79 Å². The molecule has 0 fully saturated rings. The summed E-state index contributed by atoms with van der Waals surface area (Å²) in [6.45, 7) is 0.574. The van der Waals surface area contributed by atoms with Crippen molar-refractivity contribution in [1.82, 2.24) is 5.32 Å². The van der Waals surface area contributed by atoms with Crippen molar-refractivity contribution in [3.05, 3.63) is 52.2 Å². The molecule has 2 rings (SSSR count). The number of amides is 1. The minimum absolute atomic E-state index is 0.0560. The van der Waals surface area contributed by atoms with Gasteiger partial charge in [0.1, 0.15) is 0 Å². The third-order valence-corrected chi connectivity index (χ3v) is 3.19. The molecule has 1 heterocycles. The summed E-state index contributed by atoms with van der Waals surface area (Å²) < 4.78 is 0. The predicted molar refractivity (Wildman–Crippen MR) is 69.2 cm³/mol. The molecule has 1 aromatic carbocycles. The highest BCUT2D eigenvalue weighted by Gasteiger charge is 2.04. The van der Waals surface area contributed by atoms with Crippen LogP contribution in [0.2, 0.25) is 0 Å². The van der Waals surface area contributed by atoms with Crippen LogP contribution >= 0.6 is 24.0 Å². The van der Waals surface area contributed by atoms with E-state index in [-0.39, 0.29) is 5.91 Å². The molecule has 82 valence electrons. The average molecular weight is 249 g/mol. The van der Waals surface area contributed by atoms with Crippen LogP contribution in [0.25, 0.3) is 0 Å². The van der Waals surface area contributed by atoms with Gasteiger partial charge in [0.05, 0.1) is 0 Å². The van der Waals surface area contributed by atoms with E-state index in [1.165, 1.54) is 0 Å². The summed E-state index contributed by atoms with van der Waals surface area (Å²) in [6, 6.07) is 9.16. The molecule has 2 nitrogen and oxygen atoms in total. The van der Waals surface area contributed by atoms with Crippen molar-refractivity contribution >= 4 is 29.9 Å². The zero-order valence-electron chi connectivity index (χ0n) is 8.51. The van der Waals surface area contributed by atoms with E-state index in [0.717, 1.165) is 10.5 Å². The Balaban J connectivity index is 1.95. The van der Waals surface area contributed by atoms with Gasteiger partial charge in [0.15, 0.2) is 0 Å². The lowest BCUT2D eigenvalue weighted by Crippen LogP contribution is -2.22. The summed E-state index contributed by atoms with van der Waals surface area (Å²) in [7, 11) is 0. The van der Waals surface area contributed by atoms with Crippen molar-refractivity contribution in [3.8, 4) is 0 Å². The van der Waals surface area contributed by atoms with Gasteiger partial charge in [-0.3, -0.25) is 4.79 Å². The molecule has 0 bridgehead atoms. The number of carbonyl (C=O) groups excluding carboxylic acids is 1. The SMILES string of the molecule is O=C(NCc1ccsc1)c1ccc(S)cc1. The summed E-state index contributed by atoms with van der Waals surface area (Å²) in [5.74, 6) is -0.0560. The van der Waals surface area contributed by atoms with Gasteiger partial charge in [-0.15, -0.1) is 12.6 Å². The zero-order chi connectivity index (χ0) is 11.4. The number of benzene rings is 1. The van der Waals surface area contributed by atoms with Crippen LogP contribution < -0.4 is 5.32 Å². The molecule has 0 saturated heterocycles. The fraction of sp³-hybridized carbons (Fsp3) is 0.0833. The Hall–Kier alpha value is -1.26. The molecule has 0 radical (unpaired) electrons. The van der Waals surface area contributed by atoms with Gasteiger partial charge >= 0.3 is 0 Å². The summed E-state index contributed by atoms with van der Waals surface area (Å²) in [4.78, 5) is 12.6. The van der Waals surface area contributed by atoms with E-state index < -0.39 is 0 Å². The fourth-order valence-electron chi connectivity index (χ4n) is 1.29. The van der Waals surface area contributed by atoms with Crippen molar-refractivity contribution in [3.63, 3.8) is 0 Å². The number of thiol groups is 1. The highest BCUT2D eigenvalue weighted by molar-refractivity contribution is 7.80. The molecule has 0 unspecified atom stereocenters. The van der Waals surface area contributed by atoms with Gasteiger partial charge in [-0.2, -0.15) is 11.3 Å². The lowest BCUT2D eigenvalue weighted by Gasteiger charge is -2.03. The van der Waals surface area contributed by atoms with Crippen LogP contribution in [0.1, 0.15) is 15.9 Å². The zero-order valence-corrected chi connectivity index (χ0v) is 10.2. The average Bonchev–Trinajstić information content (AvgIpc) is 2.80. The topological polar surface area (TPSA) is 29.1 Å². The van der Waals surface area contributed by atoms with Gasteiger partial charge in [-0.1, -0.05) is 0 Å². The normalized spacial score (nSPS) is 10.1. The van der Waals surface area contributed by atoms with Gasteiger partial charge in [-0.05, 0) is 46.7 Å². The van der Waals surface area contributed by atoms with E-state index in [2.05, 4.69) is 17.9 Å². The van der Waals surface area contributed by atoms with Crippen LogP contribution in [-0.4, -0.2) is 5.91 Å². The van der Waals surface area contributed by atoms with Crippen LogP contribution in [0.5, 0.6) is 0 Å². The molecule has 0 aliphatic rings. The molecule has 2 aromatic rings. The molecule has 16 heavy (non-hydrogen) atoms. The molecule has 0 spiro atoms. The highest BCUT2D eigenvalue weighted by atomic mass is 32.1. The standard InChI is InChI=1S/C12H11NOS2/c14-12(10-1-3-11(15)4-2-10)13-7-9-5-6-16-8-9/h1-6,8,15H,7H2,(H,13,14). The first kappa shape index (κ1) is 11.2. The predicted octanol–water partition coefficient (Wildman–Crippen LogP) is 2.97. The molecule has 0 atom stereocenters. The van der Waals surface area contributed by atoms with Crippen molar-refractivity contribution in [2.75, 3.05) is 0 Å². The second kappa shape index (κ2) is 5.18. The molecule has 4 heteroatoms. The Morgan fingerprint density at radius 2 is 2.00 bits per heavy atom. The first-order valence-corrected chi connectivity index (χ1v) is 6.23. The van der Waals surface area contributed by atoms with Gasteiger partial charge in [-0.25, -0.2) is 0 Å². The van der Waals surface area contributed by atoms with E-state index in [1.54, 1.807) is 23.5 Å². The van der Waals surface area contributed by atoms with Crippen molar-refractivity contribution in [2.45, 2.75) is 11.4 Å². The fourth-order valence-corrected chi connectivity index (χ4v) is 2.11. The number of thiophene rings is 1. The maximum Gasteiger partial charge on any atom is 0.251 e. The Labute approximate surface area is 104 Å². The molecule has 1 aromatic heterocycles. The van der Waals surface area contributed by atoms with E-state index in [0.29, 0.717) is 12.1 Å². The molecular weight excluding hydrogens is 238 g/mol. The largest absolute Gasteiger partial charge is 0.348 e. The molecule has 1 N–H and O–H groups in total. The lowest BCUT2D eigenvalue weighted by molar-refractivity contribution is 0.0951. The first-order valence-electron chi connectivity index (χ1n) is 4.84. The van der Waals surface area contributed by atoms with E-state index >= 15 is 0 Å². The van der Waals surface area contributed by atoms with Gasteiger partial charge in [0.25, 0.3) is 5.91 Å². The molecule has 0 saturated carbocycles. The minimum atomic E-state index is -0.0560. The quantitative estimate of drug-likeness (QED) is 0.805. The summed E-state index contributed by atoms with van der Waals surface area (Å²) >= 11 is 5.80. The smallest absolute Gasteiger partial charge is 0.251 e. The lowest BCUT2D eigenvalue weighted by atomic mass is 10.2. The Kier molecular flexibility index (Phi) is 3.64. The second-order valence-corrected chi connectivity index (χ2v) is 4.66. The maximum absolute atomic E-state index is 11.7. The van der Waals surface area contributed by atoms with Gasteiger partial charge in [0.2, 0.25) is 0 Å². The van der Waals surface area contributed by atoms with Crippen LogP contribution in [0, 0.1) is 0 Å². The van der Waals surface area contributed by atoms with Gasteiger partial charge < -0.3 is 5.32 Å². The van der Waals surface area contributed by atoms with E-state index in [9.17, 15) is 4.79 Å². The van der Waals surface area contributed by atoms with E-state index in [1.807, 2.05) is 29.0 Å². The molecule has 1 amide bonds. The minimum Gasteiger partial charge on any atom is -0.348 e. The number of nitrogens with one attached hydrogen (secondary N) is 1. The molecule has 0 aliphatic heterocycles. The monoisotopic (exact) mass is 249 g/mol. The number of rotatable bonds is 3. The first-order chi connectivity index (χ1) is 7.75. The van der Waals surface area contributed by atoms with Crippen LogP contribution in [0.4, 0.5) is 0 Å². The van der Waals surface area contributed by atoms with Crippen LogP contribution in [0.3, 0.4) is 0 Å². The van der Waals surface area contributed by atoms with E-state index in [4.69, 9.17) is 0 Å². The number of carbonyl (C=O) groups is 1. The molecule has 0 aliphatic carbocycles. The Morgan fingerprint density at radius 1 is 1.25 bits per heavy atom. The number of hydrogen-bond acceptors (Lipinski definition) is 3. The summed E-state index contributed by atoms with van der Waals surface area (Å²) in [6.07, 6.45) is 0.